The van der Waals surface area contributed by atoms with Crippen LogP contribution in [-0.2, 0) is 6.54 Å². The molecule has 0 saturated heterocycles. The lowest BCUT2D eigenvalue weighted by atomic mass is 10.1. The van der Waals surface area contributed by atoms with Gasteiger partial charge < -0.3 is 10.3 Å². The highest BCUT2D eigenvalue weighted by molar-refractivity contribution is 5.76. The summed E-state index contributed by atoms with van der Waals surface area (Å²) in [7, 11) is 0. The molecule has 2 aromatic carbocycles. The van der Waals surface area contributed by atoms with Crippen LogP contribution in [0.5, 0.6) is 0 Å². The summed E-state index contributed by atoms with van der Waals surface area (Å²) in [5, 5.41) is 0. The average molecular weight is 269 g/mol. The molecule has 1 aromatic heterocycles. The Morgan fingerprint density at radius 3 is 2.60 bits per heavy atom. The molecule has 0 fully saturated rings. The Morgan fingerprint density at radius 1 is 1.15 bits per heavy atom. The second-order valence-electron chi connectivity index (χ2n) is 4.70. The molecule has 20 heavy (non-hydrogen) atoms. The van der Waals surface area contributed by atoms with Crippen molar-refractivity contribution in [2.24, 2.45) is 5.73 Å². The summed E-state index contributed by atoms with van der Waals surface area (Å²) >= 11 is 0. The molecule has 0 spiro atoms. The quantitative estimate of drug-likeness (QED) is 0.793. The molecule has 1 unspecified atom stereocenters. The molecular weight excluding hydrogens is 253 g/mol. The number of hydrogen-bond donors (Lipinski definition) is 1. The summed E-state index contributed by atoms with van der Waals surface area (Å²) in [4.78, 5) is 4.57. The first-order chi connectivity index (χ1) is 9.72. The first-order valence-corrected chi connectivity index (χ1v) is 6.67. The summed E-state index contributed by atoms with van der Waals surface area (Å²) in [5.74, 6) is 0.397. The summed E-state index contributed by atoms with van der Waals surface area (Å²) in [6.07, 6.45) is 0. The number of aryl methyl sites for hydroxylation is 1. The van der Waals surface area contributed by atoms with E-state index in [0.717, 1.165) is 17.6 Å². The molecule has 102 valence electrons. The van der Waals surface area contributed by atoms with Crippen LogP contribution >= 0.6 is 0 Å². The van der Waals surface area contributed by atoms with Gasteiger partial charge in [-0.2, -0.15) is 0 Å². The van der Waals surface area contributed by atoms with Gasteiger partial charge in [0.2, 0.25) is 0 Å². The summed E-state index contributed by atoms with van der Waals surface area (Å²) in [5.41, 5.74) is 8.61. The van der Waals surface area contributed by atoms with E-state index in [0.29, 0.717) is 11.4 Å². The SMILES string of the molecule is CCn1c(C(N)c2ccccc2F)nc2ccccc21. The van der Waals surface area contributed by atoms with E-state index in [2.05, 4.69) is 4.98 Å². The van der Waals surface area contributed by atoms with Gasteiger partial charge in [0.15, 0.2) is 0 Å². The molecule has 0 aliphatic rings. The molecule has 0 amide bonds. The smallest absolute Gasteiger partial charge is 0.131 e. The van der Waals surface area contributed by atoms with Crippen molar-refractivity contribution in [3.8, 4) is 0 Å². The lowest BCUT2D eigenvalue weighted by Crippen LogP contribution is -2.18. The molecular formula is C16H16FN3. The Labute approximate surface area is 116 Å². The van der Waals surface area contributed by atoms with Crippen molar-refractivity contribution >= 4 is 11.0 Å². The molecule has 0 saturated carbocycles. The molecule has 3 rings (SSSR count). The van der Waals surface area contributed by atoms with Crippen LogP contribution in [0.25, 0.3) is 11.0 Å². The molecule has 0 bridgehead atoms. The zero-order valence-electron chi connectivity index (χ0n) is 11.3. The van der Waals surface area contributed by atoms with Gasteiger partial charge in [-0.15, -0.1) is 0 Å². The number of nitrogens with two attached hydrogens (primary N) is 1. The lowest BCUT2D eigenvalue weighted by Gasteiger charge is -2.14. The number of para-hydroxylation sites is 2. The summed E-state index contributed by atoms with van der Waals surface area (Å²) in [6.45, 7) is 2.78. The molecule has 0 aliphatic carbocycles. The van der Waals surface area contributed by atoms with E-state index in [-0.39, 0.29) is 5.82 Å². The fourth-order valence-corrected chi connectivity index (χ4v) is 2.53. The van der Waals surface area contributed by atoms with Crippen LogP contribution < -0.4 is 5.73 Å². The van der Waals surface area contributed by atoms with Crippen molar-refractivity contribution in [2.45, 2.75) is 19.5 Å². The van der Waals surface area contributed by atoms with E-state index in [1.54, 1.807) is 18.2 Å². The number of nitrogens with zero attached hydrogens (tertiary/aromatic N) is 2. The highest BCUT2D eigenvalue weighted by Gasteiger charge is 2.20. The number of aromatic nitrogens is 2. The van der Waals surface area contributed by atoms with Gasteiger partial charge in [-0.25, -0.2) is 9.37 Å². The van der Waals surface area contributed by atoms with E-state index >= 15 is 0 Å². The van der Waals surface area contributed by atoms with Crippen molar-refractivity contribution in [1.82, 2.24) is 9.55 Å². The predicted molar refractivity (Wildman–Crippen MR) is 77.8 cm³/mol. The van der Waals surface area contributed by atoms with Gasteiger partial charge in [0, 0.05) is 12.1 Å². The monoisotopic (exact) mass is 269 g/mol. The number of rotatable bonds is 3. The van der Waals surface area contributed by atoms with E-state index in [4.69, 9.17) is 5.73 Å². The zero-order valence-corrected chi connectivity index (χ0v) is 11.3. The van der Waals surface area contributed by atoms with E-state index in [1.165, 1.54) is 6.07 Å². The maximum atomic E-state index is 13.9. The van der Waals surface area contributed by atoms with E-state index in [1.807, 2.05) is 35.8 Å². The fourth-order valence-electron chi connectivity index (χ4n) is 2.53. The highest BCUT2D eigenvalue weighted by atomic mass is 19.1. The van der Waals surface area contributed by atoms with Crippen LogP contribution in [0.2, 0.25) is 0 Å². The van der Waals surface area contributed by atoms with Crippen LogP contribution in [0.15, 0.2) is 48.5 Å². The number of benzene rings is 2. The van der Waals surface area contributed by atoms with Crippen LogP contribution in [0.3, 0.4) is 0 Å². The van der Waals surface area contributed by atoms with Gasteiger partial charge in [-0.05, 0) is 25.1 Å². The Bertz CT molecular complexity index is 748. The minimum absolute atomic E-state index is 0.297. The normalized spacial score (nSPS) is 12.8. The fraction of sp³-hybridized carbons (Fsp3) is 0.188. The summed E-state index contributed by atoms with van der Waals surface area (Å²) < 4.78 is 15.9. The number of hydrogen-bond acceptors (Lipinski definition) is 2. The van der Waals surface area contributed by atoms with Crippen molar-refractivity contribution < 1.29 is 4.39 Å². The Hall–Kier alpha value is -2.20. The van der Waals surface area contributed by atoms with Crippen LogP contribution in [0.1, 0.15) is 24.4 Å². The first-order valence-electron chi connectivity index (χ1n) is 6.67. The maximum absolute atomic E-state index is 13.9. The van der Waals surface area contributed by atoms with Crippen molar-refractivity contribution in [1.29, 1.82) is 0 Å². The van der Waals surface area contributed by atoms with Crippen LogP contribution in [0, 0.1) is 5.82 Å². The van der Waals surface area contributed by atoms with Gasteiger partial charge in [0.05, 0.1) is 17.1 Å². The molecule has 3 aromatic rings. The minimum Gasteiger partial charge on any atom is -0.327 e. The third-order valence-electron chi connectivity index (χ3n) is 3.52. The third kappa shape index (κ3) is 1.98. The topological polar surface area (TPSA) is 43.8 Å². The molecule has 0 radical (unpaired) electrons. The number of halogens is 1. The van der Waals surface area contributed by atoms with E-state index in [9.17, 15) is 4.39 Å². The predicted octanol–water partition coefficient (Wildman–Crippen LogP) is 3.24. The third-order valence-corrected chi connectivity index (χ3v) is 3.52. The molecule has 3 nitrogen and oxygen atoms in total. The molecule has 1 atom stereocenters. The lowest BCUT2D eigenvalue weighted by molar-refractivity contribution is 0.583. The molecule has 2 N–H and O–H groups in total. The van der Waals surface area contributed by atoms with Gasteiger partial charge >= 0.3 is 0 Å². The zero-order chi connectivity index (χ0) is 14.1. The first kappa shape index (κ1) is 12.8. The average Bonchev–Trinajstić information content (AvgIpc) is 2.85. The Morgan fingerprint density at radius 2 is 1.85 bits per heavy atom. The maximum Gasteiger partial charge on any atom is 0.131 e. The van der Waals surface area contributed by atoms with E-state index < -0.39 is 6.04 Å². The van der Waals surface area contributed by atoms with Crippen molar-refractivity contribution in [2.75, 3.05) is 0 Å². The summed E-state index contributed by atoms with van der Waals surface area (Å²) in [6, 6.07) is 13.9. The second-order valence-corrected chi connectivity index (χ2v) is 4.70. The van der Waals surface area contributed by atoms with Gasteiger partial charge in [0.1, 0.15) is 11.6 Å². The largest absolute Gasteiger partial charge is 0.327 e. The highest BCUT2D eigenvalue weighted by Crippen LogP contribution is 2.25. The number of imidazole rings is 1. The van der Waals surface area contributed by atoms with Crippen molar-refractivity contribution in [3.05, 3.63) is 65.7 Å². The van der Waals surface area contributed by atoms with Gasteiger partial charge in [0.25, 0.3) is 0 Å². The second kappa shape index (κ2) is 5.06. The standard InChI is InChI=1S/C16H16FN3/c1-2-20-14-10-6-5-9-13(14)19-16(20)15(18)11-7-3-4-8-12(11)17/h3-10,15H,2,18H2,1H3. The molecule has 4 heteroatoms. The molecule has 0 aliphatic heterocycles. The Kier molecular flexibility index (Phi) is 3.24. The number of fused-ring (bicyclic) bond motifs is 1. The molecule has 1 heterocycles. The van der Waals surface area contributed by atoms with Gasteiger partial charge in [-0.1, -0.05) is 30.3 Å². The van der Waals surface area contributed by atoms with Crippen LogP contribution in [-0.4, -0.2) is 9.55 Å². The van der Waals surface area contributed by atoms with Crippen molar-refractivity contribution in [3.63, 3.8) is 0 Å². The minimum atomic E-state index is -0.566. The van der Waals surface area contributed by atoms with Crippen LogP contribution in [0.4, 0.5) is 4.39 Å². The van der Waals surface area contributed by atoms with Gasteiger partial charge in [-0.3, -0.25) is 0 Å². The Balaban J connectivity index is 2.17.